The predicted octanol–water partition coefficient (Wildman–Crippen LogP) is 2.43. The maximum absolute atomic E-state index is 10.6. The zero-order valence-electron chi connectivity index (χ0n) is 5.27. The number of rotatable bonds is 2. The van der Waals surface area contributed by atoms with E-state index in [2.05, 4.69) is 0 Å². The van der Waals surface area contributed by atoms with Gasteiger partial charge in [0.1, 0.15) is 0 Å². The van der Waals surface area contributed by atoms with Gasteiger partial charge < -0.3 is 5.11 Å². The molecule has 0 radical (unpaired) electrons. The summed E-state index contributed by atoms with van der Waals surface area (Å²) in [6, 6.07) is 0. The first-order valence-electron chi connectivity index (χ1n) is 2.41. The van der Waals surface area contributed by atoms with Crippen LogP contribution in [0.4, 0.5) is 0 Å². The summed E-state index contributed by atoms with van der Waals surface area (Å²) in [5.41, 5.74) is -1.04. The third kappa shape index (κ3) is 8.77. The van der Waals surface area contributed by atoms with Crippen molar-refractivity contribution in [1.82, 2.24) is 0 Å². The minimum absolute atomic E-state index is 0.0664. The molecule has 56 valence electrons. The van der Waals surface area contributed by atoms with E-state index < -0.39 is 11.4 Å². The highest BCUT2D eigenvalue weighted by atomic mass is 35.9. The van der Waals surface area contributed by atoms with Crippen molar-refractivity contribution in [1.29, 1.82) is 0 Å². The van der Waals surface area contributed by atoms with Crippen molar-refractivity contribution in [2.45, 2.75) is 19.4 Å². The van der Waals surface area contributed by atoms with Gasteiger partial charge in [0.15, 0.2) is 0 Å². The van der Waals surface area contributed by atoms with E-state index in [4.69, 9.17) is 27.6 Å². The van der Waals surface area contributed by atoms with Crippen LogP contribution >= 0.6 is 28.3 Å². The molecule has 0 aromatic heterocycles. The topological polar surface area (TPSA) is 37.3 Å². The van der Waals surface area contributed by atoms with Crippen LogP contribution in [0.25, 0.3) is 0 Å². The van der Waals surface area contributed by atoms with Gasteiger partial charge in [0.25, 0.3) is 5.85 Å². The van der Waals surface area contributed by atoms with Gasteiger partial charge in [0.2, 0.25) is 0 Å². The second-order valence-corrected chi connectivity index (χ2v) is 7.79. The molecule has 0 saturated carbocycles. The normalized spacial score (nSPS) is 13.9. The lowest BCUT2D eigenvalue weighted by Gasteiger charge is -2.16. The summed E-state index contributed by atoms with van der Waals surface area (Å²) < 4.78 is 10.6. The number of hydrogen-bond donors (Lipinski definition) is 1. The fourth-order valence-electron chi connectivity index (χ4n) is 0.450. The van der Waals surface area contributed by atoms with E-state index in [-0.39, 0.29) is 6.16 Å². The number of aliphatic hydroxyl groups is 1. The second-order valence-electron chi connectivity index (χ2n) is 2.54. The number of hydrogen-bond acceptors (Lipinski definition) is 2. The van der Waals surface area contributed by atoms with E-state index in [0.29, 0.717) is 0 Å². The Hall–Kier alpha value is 0.770. The molecule has 0 aromatic rings. The van der Waals surface area contributed by atoms with E-state index >= 15 is 0 Å². The summed E-state index contributed by atoms with van der Waals surface area (Å²) in [7, 11) is 0. The molecule has 0 heterocycles. The van der Waals surface area contributed by atoms with E-state index in [1.807, 2.05) is 0 Å². The van der Waals surface area contributed by atoms with Crippen LogP contribution in [0.1, 0.15) is 13.8 Å². The summed E-state index contributed by atoms with van der Waals surface area (Å²) in [6.45, 7) is 3.01. The highest BCUT2D eigenvalue weighted by Gasteiger charge is 2.25. The average molecular weight is 191 g/mol. The van der Waals surface area contributed by atoms with Gasteiger partial charge in [-0.3, -0.25) is 4.57 Å². The summed E-state index contributed by atoms with van der Waals surface area (Å²) in [6.07, 6.45) is -0.0664. The Balaban J connectivity index is 3.90. The number of halogens is 2. The van der Waals surface area contributed by atoms with Crippen molar-refractivity contribution in [2.24, 2.45) is 0 Å². The van der Waals surface area contributed by atoms with Crippen molar-refractivity contribution in [2.75, 3.05) is 6.16 Å². The molecule has 0 aliphatic heterocycles. The Morgan fingerprint density at radius 1 is 1.56 bits per heavy atom. The first-order valence-corrected chi connectivity index (χ1v) is 6.12. The highest BCUT2D eigenvalue weighted by Crippen LogP contribution is 2.58. The summed E-state index contributed by atoms with van der Waals surface area (Å²) in [4.78, 5) is 0. The molecule has 0 rings (SSSR count). The zero-order valence-corrected chi connectivity index (χ0v) is 7.67. The molecule has 0 bridgehead atoms. The minimum atomic E-state index is -3.09. The van der Waals surface area contributed by atoms with Gasteiger partial charge in [-0.2, -0.15) is 0 Å². The first-order chi connectivity index (χ1) is 3.71. The fourth-order valence-corrected chi connectivity index (χ4v) is 3.11. The van der Waals surface area contributed by atoms with E-state index in [1.54, 1.807) is 0 Å². The van der Waals surface area contributed by atoms with Gasteiger partial charge in [0, 0.05) is 0 Å². The Labute approximate surface area is 64.1 Å². The molecule has 0 unspecified atom stereocenters. The molecule has 0 atom stereocenters. The van der Waals surface area contributed by atoms with Crippen LogP contribution in [0.3, 0.4) is 0 Å². The average Bonchev–Trinajstić information content (AvgIpc) is 1.14. The van der Waals surface area contributed by atoms with E-state index in [9.17, 15) is 4.57 Å². The lowest BCUT2D eigenvalue weighted by atomic mass is 10.2. The molecule has 0 aliphatic rings. The Morgan fingerprint density at radius 2 is 1.89 bits per heavy atom. The van der Waals surface area contributed by atoms with Crippen molar-refractivity contribution < 1.29 is 9.67 Å². The summed E-state index contributed by atoms with van der Waals surface area (Å²) in [5, 5.41) is 9.01. The second kappa shape index (κ2) is 2.79. The van der Waals surface area contributed by atoms with Crippen LogP contribution in [-0.4, -0.2) is 16.9 Å². The fraction of sp³-hybridized carbons (Fsp3) is 1.00. The molecular weight excluding hydrogens is 182 g/mol. The smallest absolute Gasteiger partial charge is 0.255 e. The van der Waals surface area contributed by atoms with E-state index in [0.717, 1.165) is 0 Å². The Morgan fingerprint density at radius 3 is 1.89 bits per heavy atom. The van der Waals surface area contributed by atoms with Gasteiger partial charge >= 0.3 is 0 Å². The molecule has 0 fully saturated rings. The quantitative estimate of drug-likeness (QED) is 0.680. The van der Waals surface area contributed by atoms with Gasteiger partial charge in [-0.15, -0.1) is 0 Å². The lowest BCUT2D eigenvalue weighted by Crippen LogP contribution is -2.22. The standard InChI is InChI=1S/C4H9Cl2O2P/c1-4(2,7)3-9(5,6)8/h7H,3H2,1-2H3. The van der Waals surface area contributed by atoms with Crippen LogP contribution in [0.2, 0.25) is 0 Å². The zero-order chi connectivity index (χ0) is 7.71. The summed E-state index contributed by atoms with van der Waals surface area (Å²) in [5.74, 6) is -3.09. The molecule has 5 heteroatoms. The van der Waals surface area contributed by atoms with Crippen LogP contribution in [0.5, 0.6) is 0 Å². The highest BCUT2D eigenvalue weighted by molar-refractivity contribution is 8.08. The molecule has 1 N–H and O–H groups in total. The Bertz CT molecular complexity index is 134. The van der Waals surface area contributed by atoms with Crippen LogP contribution in [0.15, 0.2) is 0 Å². The van der Waals surface area contributed by atoms with Gasteiger partial charge in [-0.25, -0.2) is 0 Å². The van der Waals surface area contributed by atoms with Crippen LogP contribution in [0, 0.1) is 0 Å². The summed E-state index contributed by atoms with van der Waals surface area (Å²) >= 11 is 10.4. The van der Waals surface area contributed by atoms with E-state index in [1.165, 1.54) is 13.8 Å². The van der Waals surface area contributed by atoms with Crippen molar-refractivity contribution in [3.05, 3.63) is 0 Å². The molecule has 2 nitrogen and oxygen atoms in total. The first kappa shape index (κ1) is 9.77. The SMILES string of the molecule is CC(C)(O)CP(=O)(Cl)Cl. The maximum atomic E-state index is 10.6. The van der Waals surface area contributed by atoms with Gasteiger partial charge in [0.05, 0.1) is 11.8 Å². The van der Waals surface area contributed by atoms with Crippen molar-refractivity contribution in [3.63, 3.8) is 0 Å². The van der Waals surface area contributed by atoms with Crippen molar-refractivity contribution >= 4 is 28.3 Å². The molecule has 0 saturated heterocycles. The lowest BCUT2D eigenvalue weighted by molar-refractivity contribution is 0.105. The third-order valence-corrected chi connectivity index (χ3v) is 2.43. The molecule has 0 aromatic carbocycles. The van der Waals surface area contributed by atoms with Crippen LogP contribution in [-0.2, 0) is 4.57 Å². The molecular formula is C4H9Cl2O2P. The maximum Gasteiger partial charge on any atom is 0.255 e. The third-order valence-electron chi connectivity index (χ3n) is 0.571. The molecule has 0 spiro atoms. The Kier molecular flexibility index (Phi) is 3.03. The largest absolute Gasteiger partial charge is 0.390 e. The van der Waals surface area contributed by atoms with Crippen molar-refractivity contribution in [3.8, 4) is 0 Å². The molecule has 0 amide bonds. The van der Waals surface area contributed by atoms with Gasteiger partial charge in [-0.05, 0) is 36.3 Å². The minimum Gasteiger partial charge on any atom is -0.390 e. The predicted molar refractivity (Wildman–Crippen MR) is 40.5 cm³/mol. The monoisotopic (exact) mass is 190 g/mol. The van der Waals surface area contributed by atoms with Gasteiger partial charge in [-0.1, -0.05) is 0 Å². The molecule has 0 aliphatic carbocycles. The van der Waals surface area contributed by atoms with Crippen LogP contribution < -0.4 is 0 Å². The molecule has 9 heavy (non-hydrogen) atoms.